The van der Waals surface area contributed by atoms with Crippen molar-refractivity contribution in [3.63, 3.8) is 0 Å². The fourth-order valence-electron chi connectivity index (χ4n) is 5.22. The van der Waals surface area contributed by atoms with Crippen LogP contribution in [0.25, 0.3) is 11.1 Å². The number of carboxylic acids is 1. The molecule has 1 amide bonds. The van der Waals surface area contributed by atoms with Crippen molar-refractivity contribution in [2.75, 3.05) is 32.3 Å². The first kappa shape index (κ1) is 30.2. The highest BCUT2D eigenvalue weighted by atomic mass is 32.2. The smallest absolute Gasteiger partial charge is 0.326 e. The Morgan fingerprint density at radius 1 is 1.07 bits per heavy atom. The molecule has 1 fully saturated rings. The molecule has 6 nitrogen and oxygen atoms in total. The first-order chi connectivity index (χ1) is 19.4. The van der Waals surface area contributed by atoms with Gasteiger partial charge in [0.15, 0.2) is 0 Å². The normalized spacial score (nSPS) is 18.0. The van der Waals surface area contributed by atoms with Crippen molar-refractivity contribution in [1.82, 2.24) is 10.2 Å². The van der Waals surface area contributed by atoms with Crippen LogP contribution in [0, 0.1) is 6.92 Å². The van der Waals surface area contributed by atoms with Crippen molar-refractivity contribution in [1.29, 1.82) is 0 Å². The Morgan fingerprint density at radius 3 is 2.52 bits per heavy atom. The molecule has 1 saturated heterocycles. The number of carbonyl (C=O) groups is 2. The van der Waals surface area contributed by atoms with Gasteiger partial charge in [-0.3, -0.25) is 9.69 Å². The second-order valence-corrected chi connectivity index (χ2v) is 12.5. The monoisotopic (exact) mass is 578 g/mol. The summed E-state index contributed by atoms with van der Waals surface area (Å²) in [5, 5.41) is 12.9. The molecule has 0 aromatic heterocycles. The van der Waals surface area contributed by atoms with E-state index in [2.05, 4.69) is 40.5 Å². The van der Waals surface area contributed by atoms with E-state index in [0.717, 1.165) is 41.8 Å². The van der Waals surface area contributed by atoms with Gasteiger partial charge in [-0.05, 0) is 78.3 Å². The summed E-state index contributed by atoms with van der Waals surface area (Å²) < 4.78 is 5.58. The van der Waals surface area contributed by atoms with Gasteiger partial charge in [-0.2, -0.15) is 11.8 Å². The molecule has 3 atom stereocenters. The Balaban J connectivity index is 1.59. The zero-order chi connectivity index (χ0) is 28.5. The maximum atomic E-state index is 13.4. The van der Waals surface area contributed by atoms with Crippen LogP contribution in [0.2, 0.25) is 0 Å². The Hall–Kier alpha value is -2.78. The summed E-state index contributed by atoms with van der Waals surface area (Å²) in [5.41, 5.74) is 4.44. The number of rotatable bonds is 13. The molecule has 1 aliphatic rings. The van der Waals surface area contributed by atoms with E-state index in [-0.39, 0.29) is 5.91 Å². The van der Waals surface area contributed by atoms with Crippen LogP contribution < -0.4 is 5.32 Å². The zero-order valence-corrected chi connectivity index (χ0v) is 25.0. The van der Waals surface area contributed by atoms with E-state index in [4.69, 9.17) is 4.74 Å². The fourth-order valence-corrected chi connectivity index (χ4v) is 6.98. The van der Waals surface area contributed by atoms with E-state index in [1.165, 1.54) is 4.90 Å². The zero-order valence-electron chi connectivity index (χ0n) is 23.3. The third-order valence-corrected chi connectivity index (χ3v) is 9.12. The highest BCUT2D eigenvalue weighted by Crippen LogP contribution is 2.35. The topological polar surface area (TPSA) is 78.9 Å². The maximum absolute atomic E-state index is 13.4. The number of hydrogen-bond donors (Lipinski definition) is 2. The van der Waals surface area contributed by atoms with E-state index >= 15 is 0 Å². The van der Waals surface area contributed by atoms with E-state index in [1.54, 1.807) is 18.9 Å². The second-order valence-electron chi connectivity index (χ2n) is 10.2. The number of carbonyl (C=O) groups excluding carboxylic acids is 1. The van der Waals surface area contributed by atoms with Crippen LogP contribution in [0.5, 0.6) is 0 Å². The van der Waals surface area contributed by atoms with Crippen LogP contribution in [-0.4, -0.2) is 71.5 Å². The number of aliphatic carboxylic acids is 1. The van der Waals surface area contributed by atoms with Crippen LogP contribution in [0.1, 0.15) is 34.3 Å². The molecule has 1 aliphatic heterocycles. The molecule has 0 radical (unpaired) electrons. The molecule has 0 unspecified atom stereocenters. The molecular weight excluding hydrogens is 540 g/mol. The average molecular weight is 579 g/mol. The van der Waals surface area contributed by atoms with E-state index in [1.807, 2.05) is 67.4 Å². The standard InChI is InChI=1S/C32H38N2O4S2/c1-22-9-7-8-12-27(22)29-17-23(13-14-28(29)31(35)33-30(32(36)37)15-16-39-3)19-34-20-26(18-24(34)21-38-2)40-25-10-5-4-6-11-25/h4-14,17,24,26,30H,15-16,18-21H2,1-3H3,(H,33,35)(H,36,37)/t24-,26+,30+/m1/s1. The Morgan fingerprint density at radius 2 is 1.82 bits per heavy atom. The Kier molecular flexibility index (Phi) is 11.1. The second kappa shape index (κ2) is 14.7. The number of hydrogen-bond acceptors (Lipinski definition) is 6. The summed E-state index contributed by atoms with van der Waals surface area (Å²) >= 11 is 3.48. The van der Waals surface area contributed by atoms with Crippen LogP contribution in [0.4, 0.5) is 0 Å². The van der Waals surface area contributed by atoms with Gasteiger partial charge >= 0.3 is 5.97 Å². The summed E-state index contributed by atoms with van der Waals surface area (Å²) in [4.78, 5) is 29.0. The van der Waals surface area contributed by atoms with Crippen LogP contribution >= 0.6 is 23.5 Å². The average Bonchev–Trinajstić information content (AvgIpc) is 3.31. The van der Waals surface area contributed by atoms with Crippen molar-refractivity contribution >= 4 is 35.4 Å². The molecule has 8 heteroatoms. The third-order valence-electron chi connectivity index (χ3n) is 7.26. The van der Waals surface area contributed by atoms with Crippen LogP contribution in [0.15, 0.2) is 77.7 Å². The molecule has 0 bridgehead atoms. The number of methoxy groups -OCH3 is 1. The predicted molar refractivity (Wildman–Crippen MR) is 165 cm³/mol. The predicted octanol–water partition coefficient (Wildman–Crippen LogP) is 5.98. The van der Waals surface area contributed by atoms with Crippen molar-refractivity contribution in [2.24, 2.45) is 0 Å². The molecule has 1 heterocycles. The number of nitrogens with one attached hydrogen (secondary N) is 1. The first-order valence-electron chi connectivity index (χ1n) is 13.6. The minimum atomic E-state index is -1.02. The Labute approximate surface area is 245 Å². The summed E-state index contributed by atoms with van der Waals surface area (Å²) in [6.07, 6.45) is 3.35. The highest BCUT2D eigenvalue weighted by Gasteiger charge is 2.33. The number of aryl methyl sites for hydroxylation is 1. The molecule has 0 spiro atoms. The lowest BCUT2D eigenvalue weighted by molar-refractivity contribution is -0.139. The van der Waals surface area contributed by atoms with Crippen LogP contribution in [0.3, 0.4) is 0 Å². The minimum absolute atomic E-state index is 0.309. The quantitative estimate of drug-likeness (QED) is 0.258. The minimum Gasteiger partial charge on any atom is -0.480 e. The van der Waals surface area contributed by atoms with Gasteiger partial charge in [0, 0.05) is 42.0 Å². The van der Waals surface area contributed by atoms with Gasteiger partial charge in [-0.15, -0.1) is 11.8 Å². The number of benzene rings is 3. The lowest BCUT2D eigenvalue weighted by Crippen LogP contribution is -2.41. The van der Waals surface area contributed by atoms with Gasteiger partial charge in [0.2, 0.25) is 0 Å². The summed E-state index contributed by atoms with van der Waals surface area (Å²) in [5.74, 6) is -0.725. The molecule has 4 rings (SSSR count). The molecule has 3 aromatic carbocycles. The molecule has 212 valence electrons. The number of likely N-dealkylation sites (tertiary alicyclic amines) is 1. The molecule has 0 aliphatic carbocycles. The van der Waals surface area contributed by atoms with Crippen molar-refractivity contribution < 1.29 is 19.4 Å². The van der Waals surface area contributed by atoms with Crippen molar-refractivity contribution in [3.05, 3.63) is 89.5 Å². The molecule has 40 heavy (non-hydrogen) atoms. The van der Waals surface area contributed by atoms with Gasteiger partial charge in [-0.25, -0.2) is 4.79 Å². The maximum Gasteiger partial charge on any atom is 0.326 e. The SMILES string of the molecule is COC[C@H]1C[C@H](Sc2ccccc2)CN1Cc1ccc(C(=O)N[C@@H](CCSC)C(=O)O)c(-c2ccccc2C)c1. The molecule has 2 N–H and O–H groups in total. The Bertz CT molecular complexity index is 1290. The number of nitrogens with zero attached hydrogens (tertiary/aromatic N) is 1. The van der Waals surface area contributed by atoms with Crippen molar-refractivity contribution in [2.45, 2.75) is 48.5 Å². The third kappa shape index (κ3) is 7.91. The fraction of sp³-hybridized carbons (Fsp3) is 0.375. The van der Waals surface area contributed by atoms with E-state index in [9.17, 15) is 14.7 Å². The summed E-state index contributed by atoms with van der Waals surface area (Å²) in [7, 11) is 1.75. The number of amides is 1. The largest absolute Gasteiger partial charge is 0.480 e. The molecular formula is C32H38N2O4S2. The number of ether oxygens (including phenoxy) is 1. The number of carboxylic acid groups (broad SMARTS) is 1. The molecule has 3 aromatic rings. The van der Waals surface area contributed by atoms with Gasteiger partial charge in [0.05, 0.1) is 6.61 Å². The van der Waals surface area contributed by atoms with Gasteiger partial charge in [0.25, 0.3) is 5.91 Å². The number of thioether (sulfide) groups is 2. The van der Waals surface area contributed by atoms with E-state index < -0.39 is 12.0 Å². The highest BCUT2D eigenvalue weighted by molar-refractivity contribution is 8.00. The lowest BCUT2D eigenvalue weighted by Gasteiger charge is -2.24. The van der Waals surface area contributed by atoms with Crippen molar-refractivity contribution in [3.8, 4) is 11.1 Å². The lowest BCUT2D eigenvalue weighted by atomic mass is 9.93. The van der Waals surface area contributed by atoms with Gasteiger partial charge < -0.3 is 15.2 Å². The molecule has 0 saturated carbocycles. The van der Waals surface area contributed by atoms with Gasteiger partial charge in [-0.1, -0.05) is 48.5 Å². The van der Waals surface area contributed by atoms with Gasteiger partial charge in [0.1, 0.15) is 6.04 Å². The first-order valence-corrected chi connectivity index (χ1v) is 15.8. The summed E-state index contributed by atoms with van der Waals surface area (Å²) in [6.45, 7) is 4.39. The van der Waals surface area contributed by atoms with Crippen LogP contribution in [-0.2, 0) is 16.1 Å². The summed E-state index contributed by atoms with van der Waals surface area (Å²) in [6, 6.07) is 23.8. The van der Waals surface area contributed by atoms with E-state index in [0.29, 0.717) is 35.6 Å².